The number of halogens is 1. The predicted octanol–water partition coefficient (Wildman–Crippen LogP) is 2.54. The van der Waals surface area contributed by atoms with Crippen molar-refractivity contribution in [1.29, 1.82) is 0 Å². The van der Waals surface area contributed by atoms with Gasteiger partial charge in [0.1, 0.15) is 0 Å². The zero-order valence-corrected chi connectivity index (χ0v) is 14.8. The molecule has 0 saturated heterocycles. The SMILES string of the molecule is CC1CCCCC1(CN)NS(=O)(=O)CCc1cccs1.Cl. The molecule has 1 fully saturated rings. The average Bonchev–Trinajstić information content (AvgIpc) is 2.92. The van der Waals surface area contributed by atoms with Crippen LogP contribution < -0.4 is 10.5 Å². The van der Waals surface area contributed by atoms with Gasteiger partial charge in [0.2, 0.25) is 10.0 Å². The first-order valence-electron chi connectivity index (χ1n) is 7.21. The minimum Gasteiger partial charge on any atom is -0.329 e. The van der Waals surface area contributed by atoms with Gasteiger partial charge in [0, 0.05) is 17.0 Å². The third-order valence-corrected chi connectivity index (χ3v) is 6.77. The molecule has 0 bridgehead atoms. The molecule has 2 rings (SSSR count). The van der Waals surface area contributed by atoms with Crippen molar-refractivity contribution >= 4 is 33.8 Å². The minimum atomic E-state index is -3.28. The lowest BCUT2D eigenvalue weighted by molar-refractivity contribution is 0.191. The Morgan fingerprint density at radius 1 is 1.48 bits per heavy atom. The molecule has 1 aliphatic carbocycles. The Balaban J connectivity index is 0.00000220. The number of thiophene rings is 1. The van der Waals surface area contributed by atoms with Crippen LogP contribution in [-0.4, -0.2) is 26.3 Å². The third kappa shape index (κ3) is 4.93. The van der Waals surface area contributed by atoms with E-state index >= 15 is 0 Å². The zero-order valence-electron chi connectivity index (χ0n) is 12.4. The molecule has 122 valence electrons. The third-order valence-electron chi connectivity index (χ3n) is 4.37. The van der Waals surface area contributed by atoms with Crippen molar-refractivity contribution in [2.45, 2.75) is 44.6 Å². The van der Waals surface area contributed by atoms with Crippen LogP contribution in [0, 0.1) is 5.92 Å². The van der Waals surface area contributed by atoms with Crippen LogP contribution in [0.15, 0.2) is 17.5 Å². The van der Waals surface area contributed by atoms with Gasteiger partial charge in [-0.3, -0.25) is 0 Å². The molecule has 1 heterocycles. The molecule has 0 spiro atoms. The number of rotatable bonds is 6. The van der Waals surface area contributed by atoms with Crippen molar-refractivity contribution in [3.63, 3.8) is 0 Å². The maximum atomic E-state index is 12.3. The van der Waals surface area contributed by atoms with E-state index in [4.69, 9.17) is 5.73 Å². The Bertz CT molecular complexity index is 519. The number of sulfonamides is 1. The normalized spacial score (nSPS) is 26.3. The minimum absolute atomic E-state index is 0. The van der Waals surface area contributed by atoms with Crippen molar-refractivity contribution in [2.24, 2.45) is 11.7 Å². The van der Waals surface area contributed by atoms with E-state index in [1.165, 1.54) is 6.42 Å². The lowest BCUT2D eigenvalue weighted by Crippen LogP contribution is -2.59. The Labute approximate surface area is 138 Å². The van der Waals surface area contributed by atoms with E-state index in [-0.39, 0.29) is 18.2 Å². The molecular formula is C14H25ClN2O2S2. The summed E-state index contributed by atoms with van der Waals surface area (Å²) in [5, 5.41) is 1.97. The molecule has 1 aromatic heterocycles. The second-order valence-electron chi connectivity index (χ2n) is 5.76. The van der Waals surface area contributed by atoms with Crippen molar-refractivity contribution in [1.82, 2.24) is 4.72 Å². The number of nitrogens with two attached hydrogens (primary N) is 1. The second-order valence-corrected chi connectivity index (χ2v) is 8.63. The maximum absolute atomic E-state index is 12.3. The second kappa shape index (κ2) is 7.92. The van der Waals surface area contributed by atoms with Gasteiger partial charge in [-0.25, -0.2) is 13.1 Å². The topological polar surface area (TPSA) is 72.2 Å². The lowest BCUT2D eigenvalue weighted by atomic mass is 9.74. The number of hydrogen-bond donors (Lipinski definition) is 2. The molecular weight excluding hydrogens is 328 g/mol. The number of aryl methyl sites for hydroxylation is 1. The van der Waals surface area contributed by atoms with Crippen molar-refractivity contribution in [3.05, 3.63) is 22.4 Å². The summed E-state index contributed by atoms with van der Waals surface area (Å²) in [4.78, 5) is 1.11. The van der Waals surface area contributed by atoms with E-state index < -0.39 is 15.6 Å². The fourth-order valence-electron chi connectivity index (χ4n) is 2.96. The molecule has 0 aliphatic heterocycles. The van der Waals surface area contributed by atoms with E-state index in [1.807, 2.05) is 17.5 Å². The van der Waals surface area contributed by atoms with Crippen molar-refractivity contribution in [2.75, 3.05) is 12.3 Å². The van der Waals surface area contributed by atoms with Gasteiger partial charge >= 0.3 is 0 Å². The van der Waals surface area contributed by atoms with Crippen LogP contribution in [0.4, 0.5) is 0 Å². The standard InChI is InChI=1S/C14H24N2O2S2.ClH/c1-12-5-2-3-8-14(12,11-15)16-20(17,18)10-7-13-6-4-9-19-13;/h4,6,9,12,16H,2-3,5,7-8,10-11,15H2,1H3;1H. The fourth-order valence-corrected chi connectivity index (χ4v) is 5.40. The molecule has 1 aliphatic rings. The Kier molecular flexibility index (Phi) is 7.13. The van der Waals surface area contributed by atoms with Gasteiger partial charge < -0.3 is 5.73 Å². The molecule has 21 heavy (non-hydrogen) atoms. The summed E-state index contributed by atoms with van der Waals surface area (Å²) in [7, 11) is -3.28. The molecule has 1 aromatic rings. The van der Waals surface area contributed by atoms with Crippen LogP contribution in [0.2, 0.25) is 0 Å². The first kappa shape index (κ1) is 18.9. The summed E-state index contributed by atoms with van der Waals surface area (Å²) >= 11 is 1.60. The lowest BCUT2D eigenvalue weighted by Gasteiger charge is -2.42. The highest BCUT2D eigenvalue weighted by Crippen LogP contribution is 2.33. The average molecular weight is 353 g/mol. The molecule has 2 atom stereocenters. The zero-order chi connectivity index (χ0) is 14.6. The highest BCUT2D eigenvalue weighted by Gasteiger charge is 2.39. The van der Waals surface area contributed by atoms with Crippen molar-refractivity contribution < 1.29 is 8.42 Å². The summed E-state index contributed by atoms with van der Waals surface area (Å²) in [6, 6.07) is 3.92. The van der Waals surface area contributed by atoms with Gasteiger partial charge in [0.25, 0.3) is 0 Å². The van der Waals surface area contributed by atoms with Gasteiger partial charge in [-0.2, -0.15) is 0 Å². The van der Waals surface area contributed by atoms with Crippen LogP contribution in [0.3, 0.4) is 0 Å². The molecule has 0 amide bonds. The van der Waals surface area contributed by atoms with Crippen LogP contribution in [-0.2, 0) is 16.4 Å². The van der Waals surface area contributed by atoms with Crippen molar-refractivity contribution in [3.8, 4) is 0 Å². The van der Waals surface area contributed by atoms with Gasteiger partial charge in [-0.15, -0.1) is 23.7 Å². The summed E-state index contributed by atoms with van der Waals surface area (Å²) in [6.45, 7) is 2.49. The number of hydrogen-bond acceptors (Lipinski definition) is 4. The fraction of sp³-hybridized carbons (Fsp3) is 0.714. The summed E-state index contributed by atoms with van der Waals surface area (Å²) in [6.07, 6.45) is 4.68. The van der Waals surface area contributed by atoms with E-state index in [0.29, 0.717) is 18.9 Å². The van der Waals surface area contributed by atoms with Crippen LogP contribution in [0.5, 0.6) is 0 Å². The molecule has 0 radical (unpaired) electrons. The first-order chi connectivity index (χ1) is 9.47. The Morgan fingerprint density at radius 2 is 2.24 bits per heavy atom. The first-order valence-corrected chi connectivity index (χ1v) is 9.75. The highest BCUT2D eigenvalue weighted by atomic mass is 35.5. The number of nitrogens with one attached hydrogen (secondary N) is 1. The Hall–Kier alpha value is -0.140. The summed E-state index contributed by atoms with van der Waals surface area (Å²) in [5.74, 6) is 0.444. The van der Waals surface area contributed by atoms with Gasteiger partial charge in [-0.1, -0.05) is 25.8 Å². The van der Waals surface area contributed by atoms with E-state index in [0.717, 1.165) is 24.1 Å². The van der Waals surface area contributed by atoms with Crippen LogP contribution in [0.25, 0.3) is 0 Å². The molecule has 7 heteroatoms. The van der Waals surface area contributed by atoms with Gasteiger partial charge in [0.05, 0.1) is 5.75 Å². The maximum Gasteiger partial charge on any atom is 0.212 e. The van der Waals surface area contributed by atoms with E-state index in [1.54, 1.807) is 11.3 Å². The van der Waals surface area contributed by atoms with Gasteiger partial charge in [-0.05, 0) is 36.6 Å². The summed E-state index contributed by atoms with van der Waals surface area (Å²) in [5.41, 5.74) is 5.46. The summed E-state index contributed by atoms with van der Waals surface area (Å²) < 4.78 is 27.6. The highest BCUT2D eigenvalue weighted by molar-refractivity contribution is 7.89. The molecule has 1 saturated carbocycles. The molecule has 0 aromatic carbocycles. The Morgan fingerprint density at radius 3 is 2.81 bits per heavy atom. The monoisotopic (exact) mass is 352 g/mol. The molecule has 4 nitrogen and oxygen atoms in total. The smallest absolute Gasteiger partial charge is 0.212 e. The van der Waals surface area contributed by atoms with Crippen LogP contribution >= 0.6 is 23.7 Å². The largest absolute Gasteiger partial charge is 0.329 e. The molecule has 2 unspecified atom stereocenters. The van der Waals surface area contributed by atoms with Gasteiger partial charge in [0.15, 0.2) is 0 Å². The van der Waals surface area contributed by atoms with Crippen LogP contribution in [0.1, 0.15) is 37.5 Å². The quantitative estimate of drug-likeness (QED) is 0.826. The van der Waals surface area contributed by atoms with E-state index in [2.05, 4.69) is 11.6 Å². The van der Waals surface area contributed by atoms with E-state index in [9.17, 15) is 8.42 Å². The molecule has 3 N–H and O–H groups in total. The predicted molar refractivity (Wildman–Crippen MR) is 91.6 cm³/mol.